The van der Waals surface area contributed by atoms with E-state index in [1.54, 1.807) is 62.6 Å². The Morgan fingerprint density at radius 2 is 2.00 bits per heavy atom. The van der Waals surface area contributed by atoms with E-state index in [9.17, 15) is 14.7 Å². The van der Waals surface area contributed by atoms with Crippen LogP contribution in [0.25, 0.3) is 6.08 Å². The first-order valence-corrected chi connectivity index (χ1v) is 8.30. The van der Waals surface area contributed by atoms with Crippen LogP contribution in [0.5, 0.6) is 5.75 Å². The molecule has 1 aromatic carbocycles. The maximum atomic E-state index is 13.0. The molecule has 0 saturated carbocycles. The number of nitrogens with zero attached hydrogens (tertiary/aromatic N) is 2. The van der Waals surface area contributed by atoms with Gasteiger partial charge in [-0.05, 0) is 55.8 Å². The molecule has 1 aliphatic heterocycles. The van der Waals surface area contributed by atoms with Gasteiger partial charge in [0.15, 0.2) is 11.5 Å². The summed E-state index contributed by atoms with van der Waals surface area (Å²) in [7, 11) is 0. The van der Waals surface area contributed by atoms with Gasteiger partial charge in [-0.3, -0.25) is 14.6 Å². The molecule has 1 aromatic heterocycles. The van der Waals surface area contributed by atoms with E-state index in [-0.39, 0.29) is 12.3 Å². The molecule has 0 atom stereocenters. The van der Waals surface area contributed by atoms with Crippen LogP contribution in [-0.2, 0) is 9.59 Å². The molecule has 0 spiro atoms. The number of carbonyl (C=O) groups excluding carboxylic acids is 1. The van der Waals surface area contributed by atoms with Gasteiger partial charge >= 0.3 is 5.97 Å². The fourth-order valence-electron chi connectivity index (χ4n) is 2.51. The monoisotopic (exact) mass is 372 g/mol. The second kappa shape index (κ2) is 6.80. The summed E-state index contributed by atoms with van der Waals surface area (Å²) in [6.45, 7) is 3.11. The van der Waals surface area contributed by atoms with Crippen molar-refractivity contribution in [3.63, 3.8) is 0 Å². The molecule has 0 bridgehead atoms. The molecule has 0 fully saturated rings. The number of aromatic nitrogens is 1. The molecule has 1 N–H and O–H groups in total. The van der Waals surface area contributed by atoms with Gasteiger partial charge in [0.1, 0.15) is 0 Å². The number of hydrogen-bond acceptors (Lipinski definition) is 4. The van der Waals surface area contributed by atoms with Gasteiger partial charge in [-0.15, -0.1) is 0 Å². The number of carbonyl (C=O) groups is 2. The van der Waals surface area contributed by atoms with E-state index in [1.807, 2.05) is 0 Å². The number of amides is 1. The minimum atomic E-state index is -1.14. The maximum Gasteiger partial charge on any atom is 0.310 e. The number of carboxylic acid groups (broad SMARTS) is 1. The van der Waals surface area contributed by atoms with Crippen LogP contribution in [0, 0.1) is 5.41 Å². The third-order valence-electron chi connectivity index (χ3n) is 4.02. The fraction of sp³-hybridized carbons (Fsp3) is 0.211. The van der Waals surface area contributed by atoms with Crippen LogP contribution in [0.15, 0.2) is 48.5 Å². The molecule has 26 heavy (non-hydrogen) atoms. The largest absolute Gasteiger partial charge is 0.481 e. The van der Waals surface area contributed by atoms with E-state index in [1.165, 1.54) is 4.90 Å². The van der Waals surface area contributed by atoms with E-state index in [4.69, 9.17) is 16.3 Å². The molecule has 0 aliphatic carbocycles. The first-order valence-electron chi connectivity index (χ1n) is 7.92. The van der Waals surface area contributed by atoms with Crippen LogP contribution in [0.3, 0.4) is 0 Å². The summed E-state index contributed by atoms with van der Waals surface area (Å²) in [5, 5.41) is 9.88. The van der Waals surface area contributed by atoms with Crippen LogP contribution >= 0.6 is 11.6 Å². The van der Waals surface area contributed by atoms with Gasteiger partial charge in [0, 0.05) is 24.0 Å². The minimum Gasteiger partial charge on any atom is -0.481 e. The van der Waals surface area contributed by atoms with E-state index < -0.39 is 17.3 Å². The van der Waals surface area contributed by atoms with Gasteiger partial charge < -0.3 is 14.7 Å². The summed E-state index contributed by atoms with van der Waals surface area (Å²) < 4.78 is 5.75. The molecule has 2 heterocycles. The van der Waals surface area contributed by atoms with Gasteiger partial charge in [0.05, 0.1) is 11.1 Å². The Bertz CT molecular complexity index is 894. The second-order valence-corrected chi connectivity index (χ2v) is 7.02. The molecule has 1 aliphatic rings. The average Bonchev–Trinajstić information content (AvgIpc) is 2.60. The Morgan fingerprint density at radius 1 is 1.31 bits per heavy atom. The molecule has 134 valence electrons. The molecule has 6 nitrogen and oxygen atoms in total. The summed E-state index contributed by atoms with van der Waals surface area (Å²) >= 11 is 6.06. The van der Waals surface area contributed by atoms with Crippen molar-refractivity contribution in [2.24, 2.45) is 5.41 Å². The topological polar surface area (TPSA) is 79.7 Å². The Balaban J connectivity index is 2.06. The van der Waals surface area contributed by atoms with Crippen LogP contribution in [0.2, 0.25) is 5.02 Å². The predicted molar refractivity (Wildman–Crippen MR) is 98.1 cm³/mol. The van der Waals surface area contributed by atoms with Crippen LogP contribution in [0.1, 0.15) is 19.4 Å². The minimum absolute atomic E-state index is 0.0223. The molecule has 1 amide bonds. The smallest absolute Gasteiger partial charge is 0.310 e. The molecule has 0 unspecified atom stereocenters. The number of pyridine rings is 1. The summed E-state index contributed by atoms with van der Waals surface area (Å²) in [5.41, 5.74) is 0.0517. The molecule has 7 heteroatoms. The number of aliphatic carboxylic acids is 1. The zero-order valence-electron chi connectivity index (χ0n) is 14.3. The Hall–Kier alpha value is -2.86. The van der Waals surface area contributed by atoms with Crippen molar-refractivity contribution in [3.05, 3.63) is 59.1 Å². The highest BCUT2D eigenvalue weighted by molar-refractivity contribution is 6.31. The van der Waals surface area contributed by atoms with E-state index >= 15 is 0 Å². The van der Waals surface area contributed by atoms with Crippen molar-refractivity contribution in [3.8, 4) is 5.75 Å². The first kappa shape index (κ1) is 17.9. The Labute approximate surface area is 155 Å². The number of anilines is 1. The highest BCUT2D eigenvalue weighted by Crippen LogP contribution is 2.39. The maximum absolute atomic E-state index is 13.0. The number of ether oxygens (including phenoxy) is 1. The molecular formula is C19H17ClN2O4. The van der Waals surface area contributed by atoms with Gasteiger partial charge in [-0.2, -0.15) is 0 Å². The summed E-state index contributed by atoms with van der Waals surface area (Å²) in [5.74, 6) is -0.881. The van der Waals surface area contributed by atoms with Crippen molar-refractivity contribution in [2.75, 3.05) is 11.4 Å². The van der Waals surface area contributed by atoms with Crippen molar-refractivity contribution in [2.45, 2.75) is 13.8 Å². The Morgan fingerprint density at radius 3 is 2.65 bits per heavy atom. The van der Waals surface area contributed by atoms with Gasteiger partial charge in [0.25, 0.3) is 5.91 Å². The number of fused-ring (bicyclic) bond motifs is 1. The normalized spacial score (nSPS) is 15.6. The highest BCUT2D eigenvalue weighted by Gasteiger charge is 2.37. The lowest BCUT2D eigenvalue weighted by molar-refractivity contribution is -0.146. The van der Waals surface area contributed by atoms with Crippen molar-refractivity contribution >= 4 is 35.2 Å². The Kier molecular flexibility index (Phi) is 4.70. The lowest BCUT2D eigenvalue weighted by Crippen LogP contribution is -2.45. The second-order valence-electron chi connectivity index (χ2n) is 6.58. The summed E-state index contributed by atoms with van der Waals surface area (Å²) in [4.78, 5) is 29.9. The number of halogens is 1. The number of benzene rings is 1. The molecule has 0 saturated heterocycles. The standard InChI is InChI=1S/C19H17ClN2O4/c1-19(2,18(24)25)11-22-14-10-13(20)3-4-15(14)26-16(17(22)23)9-12-5-7-21-8-6-12/h3-10H,11H2,1-2H3,(H,24,25)/b16-9+. The number of carboxylic acids is 1. The van der Waals surface area contributed by atoms with Crippen LogP contribution in [-0.4, -0.2) is 28.5 Å². The summed E-state index contributed by atoms with van der Waals surface area (Å²) in [6, 6.07) is 8.39. The van der Waals surface area contributed by atoms with E-state index in [0.717, 1.165) is 5.56 Å². The third kappa shape index (κ3) is 3.55. The zero-order chi connectivity index (χ0) is 18.9. The van der Waals surface area contributed by atoms with E-state index in [2.05, 4.69) is 4.98 Å². The first-order chi connectivity index (χ1) is 12.3. The van der Waals surface area contributed by atoms with Crippen molar-refractivity contribution in [1.82, 2.24) is 4.98 Å². The molecule has 3 rings (SSSR count). The molecule has 0 radical (unpaired) electrons. The number of hydrogen-bond donors (Lipinski definition) is 1. The van der Waals surface area contributed by atoms with Crippen LogP contribution in [0.4, 0.5) is 5.69 Å². The number of rotatable bonds is 4. The van der Waals surface area contributed by atoms with Crippen molar-refractivity contribution < 1.29 is 19.4 Å². The fourth-order valence-corrected chi connectivity index (χ4v) is 2.68. The van der Waals surface area contributed by atoms with Gasteiger partial charge in [-0.25, -0.2) is 0 Å². The predicted octanol–water partition coefficient (Wildman–Crippen LogP) is 3.61. The average molecular weight is 373 g/mol. The zero-order valence-corrected chi connectivity index (χ0v) is 15.0. The molecular weight excluding hydrogens is 356 g/mol. The quantitative estimate of drug-likeness (QED) is 0.829. The van der Waals surface area contributed by atoms with Crippen LogP contribution < -0.4 is 9.64 Å². The van der Waals surface area contributed by atoms with Gasteiger partial charge in [-0.1, -0.05) is 11.6 Å². The van der Waals surface area contributed by atoms with Gasteiger partial charge in [0.2, 0.25) is 0 Å². The van der Waals surface area contributed by atoms with E-state index in [0.29, 0.717) is 16.5 Å². The third-order valence-corrected chi connectivity index (χ3v) is 4.26. The SMILES string of the molecule is CC(C)(CN1C(=O)/C(=C\c2ccncc2)Oc2ccc(Cl)cc21)C(=O)O. The van der Waals surface area contributed by atoms with Crippen molar-refractivity contribution in [1.29, 1.82) is 0 Å². The molecule has 2 aromatic rings. The lowest BCUT2D eigenvalue weighted by atomic mass is 9.92. The summed E-state index contributed by atoms with van der Waals surface area (Å²) in [6.07, 6.45) is 4.82. The highest BCUT2D eigenvalue weighted by atomic mass is 35.5. The lowest BCUT2D eigenvalue weighted by Gasteiger charge is -2.34.